The summed E-state index contributed by atoms with van der Waals surface area (Å²) in [6, 6.07) is 2.36. The lowest BCUT2D eigenvalue weighted by Crippen LogP contribution is -2.38. The van der Waals surface area contributed by atoms with Crippen molar-refractivity contribution < 1.29 is 18.0 Å². The fourth-order valence-corrected chi connectivity index (χ4v) is 1.05. The summed E-state index contributed by atoms with van der Waals surface area (Å²) >= 11 is 0. The number of halogens is 3. The van der Waals surface area contributed by atoms with Gasteiger partial charge in [-0.05, 0) is 6.07 Å². The minimum absolute atomic E-state index is 0.215. The number of amides is 1. The number of nitrogens with zero attached hydrogens (tertiary/aromatic N) is 2. The van der Waals surface area contributed by atoms with E-state index in [1.165, 1.54) is 0 Å². The molecule has 0 radical (unpaired) electrons. The van der Waals surface area contributed by atoms with E-state index >= 15 is 0 Å². The summed E-state index contributed by atoms with van der Waals surface area (Å²) < 4.78 is 37.5. The van der Waals surface area contributed by atoms with Crippen LogP contribution in [0.25, 0.3) is 0 Å². The molecule has 0 unspecified atom stereocenters. The average Bonchev–Trinajstić information content (AvgIpc) is 2.28. The third-order valence-corrected chi connectivity index (χ3v) is 1.74. The Morgan fingerprint density at radius 3 is 2.82 bits per heavy atom. The number of hydrazine groups is 1. The van der Waals surface area contributed by atoms with Crippen LogP contribution in [-0.2, 0) is 6.18 Å². The van der Waals surface area contributed by atoms with Crippen molar-refractivity contribution in [2.24, 2.45) is 0 Å². The molecule has 8 heteroatoms. The molecule has 17 heavy (non-hydrogen) atoms. The second-order valence-electron chi connectivity index (χ2n) is 2.88. The van der Waals surface area contributed by atoms with Gasteiger partial charge in [0, 0.05) is 12.4 Å². The summed E-state index contributed by atoms with van der Waals surface area (Å²) in [5.74, 6) is -0.999. The maximum Gasteiger partial charge on any atom is 0.417 e. The van der Waals surface area contributed by atoms with Crippen LogP contribution in [0.1, 0.15) is 15.9 Å². The Morgan fingerprint density at radius 2 is 2.24 bits per heavy atom. The molecule has 1 aromatic rings. The Bertz CT molecular complexity index is 452. The van der Waals surface area contributed by atoms with E-state index in [1.807, 2.05) is 5.43 Å². The highest BCUT2D eigenvalue weighted by Crippen LogP contribution is 2.31. The molecule has 1 rings (SSSR count). The van der Waals surface area contributed by atoms with E-state index in [9.17, 15) is 18.0 Å². The van der Waals surface area contributed by atoms with Crippen LogP contribution >= 0.6 is 0 Å². The summed E-state index contributed by atoms with van der Waals surface area (Å²) in [7, 11) is 0. The second kappa shape index (κ2) is 5.27. The Labute approximate surface area is 94.2 Å². The van der Waals surface area contributed by atoms with Crippen LogP contribution < -0.4 is 10.9 Å². The number of alkyl halides is 3. The van der Waals surface area contributed by atoms with Crippen LogP contribution in [0.3, 0.4) is 0 Å². The molecule has 0 bridgehead atoms. The van der Waals surface area contributed by atoms with Gasteiger partial charge in [0.15, 0.2) is 0 Å². The summed E-state index contributed by atoms with van der Waals surface area (Å²) in [5, 5.41) is 8.18. The Balaban J connectivity index is 2.91. The molecule has 0 spiro atoms. The largest absolute Gasteiger partial charge is 0.417 e. The Kier molecular flexibility index (Phi) is 4.01. The first-order chi connectivity index (χ1) is 7.96. The predicted molar refractivity (Wildman–Crippen MR) is 50.3 cm³/mol. The van der Waals surface area contributed by atoms with Crippen molar-refractivity contribution in [2.75, 3.05) is 6.54 Å². The Hall–Kier alpha value is -2.14. The van der Waals surface area contributed by atoms with Gasteiger partial charge >= 0.3 is 6.18 Å². The first-order valence-corrected chi connectivity index (χ1v) is 4.38. The number of nitrogens with one attached hydrogen (secondary N) is 2. The summed E-state index contributed by atoms with van der Waals surface area (Å²) in [5.41, 5.74) is 2.43. The quantitative estimate of drug-likeness (QED) is 0.469. The van der Waals surface area contributed by atoms with Crippen molar-refractivity contribution in [3.05, 3.63) is 29.6 Å². The van der Waals surface area contributed by atoms with E-state index in [-0.39, 0.29) is 6.54 Å². The molecule has 0 aliphatic heterocycles. The lowest BCUT2D eigenvalue weighted by molar-refractivity contribution is -0.138. The van der Waals surface area contributed by atoms with Crippen LogP contribution in [0, 0.1) is 11.3 Å². The number of hydrogen-bond acceptors (Lipinski definition) is 4. The minimum Gasteiger partial charge on any atom is -0.286 e. The van der Waals surface area contributed by atoms with Crippen molar-refractivity contribution in [3.63, 3.8) is 0 Å². The van der Waals surface area contributed by atoms with Crippen molar-refractivity contribution in [3.8, 4) is 6.07 Å². The highest BCUT2D eigenvalue weighted by Gasteiger charge is 2.35. The van der Waals surface area contributed by atoms with Crippen molar-refractivity contribution in [1.82, 2.24) is 15.8 Å². The molecule has 0 saturated heterocycles. The van der Waals surface area contributed by atoms with E-state index in [0.29, 0.717) is 6.07 Å². The van der Waals surface area contributed by atoms with E-state index in [1.54, 1.807) is 6.07 Å². The number of rotatable bonds is 3. The normalized spacial score (nSPS) is 10.7. The zero-order valence-electron chi connectivity index (χ0n) is 8.38. The molecule has 0 saturated carbocycles. The topological polar surface area (TPSA) is 77.8 Å². The maximum atomic E-state index is 12.5. The molecule has 0 atom stereocenters. The number of carbonyl (C=O) groups excluding carboxylic acids is 1. The molecular formula is C9H7F3N4O. The van der Waals surface area contributed by atoms with Gasteiger partial charge in [0.05, 0.1) is 17.2 Å². The number of pyridine rings is 1. The smallest absolute Gasteiger partial charge is 0.286 e. The first kappa shape index (κ1) is 12.9. The lowest BCUT2D eigenvalue weighted by atomic mass is 10.1. The Morgan fingerprint density at radius 1 is 1.53 bits per heavy atom. The molecule has 0 fully saturated rings. The van der Waals surface area contributed by atoms with Crippen LogP contribution in [0.4, 0.5) is 13.2 Å². The number of aromatic nitrogens is 1. The van der Waals surface area contributed by atoms with Crippen LogP contribution in [0.2, 0.25) is 0 Å². The molecule has 0 aliphatic rings. The molecule has 5 nitrogen and oxygen atoms in total. The summed E-state index contributed by atoms with van der Waals surface area (Å²) in [4.78, 5) is 14.8. The second-order valence-corrected chi connectivity index (χ2v) is 2.88. The van der Waals surface area contributed by atoms with Gasteiger partial charge in [0.1, 0.15) is 6.54 Å². The highest BCUT2D eigenvalue weighted by molar-refractivity contribution is 5.95. The van der Waals surface area contributed by atoms with E-state index in [4.69, 9.17) is 5.26 Å². The van der Waals surface area contributed by atoms with Crippen molar-refractivity contribution in [2.45, 2.75) is 6.18 Å². The van der Waals surface area contributed by atoms with Crippen molar-refractivity contribution in [1.29, 1.82) is 5.26 Å². The number of hydrogen-bond donors (Lipinski definition) is 2. The van der Waals surface area contributed by atoms with Gasteiger partial charge in [0.2, 0.25) is 0 Å². The molecule has 1 heterocycles. The zero-order valence-corrected chi connectivity index (χ0v) is 8.38. The molecule has 1 amide bonds. The van der Waals surface area contributed by atoms with Crippen molar-refractivity contribution >= 4 is 5.91 Å². The molecule has 0 aromatic carbocycles. The summed E-state index contributed by atoms with van der Waals surface area (Å²) in [6.45, 7) is -0.215. The van der Waals surface area contributed by atoms with Gasteiger partial charge in [-0.25, -0.2) is 5.43 Å². The maximum absolute atomic E-state index is 12.5. The van der Waals surface area contributed by atoms with E-state index in [0.717, 1.165) is 12.4 Å². The fourth-order valence-electron chi connectivity index (χ4n) is 1.05. The third-order valence-electron chi connectivity index (χ3n) is 1.74. The van der Waals surface area contributed by atoms with Gasteiger partial charge in [-0.2, -0.15) is 18.4 Å². The van der Waals surface area contributed by atoms with Gasteiger partial charge in [-0.3, -0.25) is 15.2 Å². The zero-order chi connectivity index (χ0) is 12.9. The molecular weight excluding hydrogens is 237 g/mol. The van der Waals surface area contributed by atoms with Gasteiger partial charge < -0.3 is 0 Å². The lowest BCUT2D eigenvalue weighted by Gasteiger charge is -2.11. The fraction of sp³-hybridized carbons (Fsp3) is 0.222. The van der Waals surface area contributed by atoms with E-state index in [2.05, 4.69) is 10.4 Å². The molecule has 2 N–H and O–H groups in total. The van der Waals surface area contributed by atoms with Gasteiger partial charge in [-0.15, -0.1) is 0 Å². The number of carbonyl (C=O) groups is 1. The SMILES string of the molecule is N#CCNNC(=O)c1cnccc1C(F)(F)F. The predicted octanol–water partition coefficient (Wildman–Crippen LogP) is 0.858. The van der Waals surface area contributed by atoms with Gasteiger partial charge in [-0.1, -0.05) is 0 Å². The monoisotopic (exact) mass is 244 g/mol. The van der Waals surface area contributed by atoms with Crippen LogP contribution in [0.5, 0.6) is 0 Å². The van der Waals surface area contributed by atoms with Crippen LogP contribution in [0.15, 0.2) is 18.5 Å². The first-order valence-electron chi connectivity index (χ1n) is 4.38. The van der Waals surface area contributed by atoms with Gasteiger partial charge in [0.25, 0.3) is 5.91 Å². The van der Waals surface area contributed by atoms with Crippen LogP contribution in [-0.4, -0.2) is 17.4 Å². The minimum atomic E-state index is -4.63. The average molecular weight is 244 g/mol. The molecule has 90 valence electrons. The standard InChI is InChI=1S/C9H7F3N4O/c10-9(11,12)7-1-3-14-5-6(7)8(17)16-15-4-2-13/h1,3,5,15H,4H2,(H,16,17). The van der Waals surface area contributed by atoms with E-state index < -0.39 is 23.2 Å². The third kappa shape index (κ3) is 3.42. The molecule has 1 aromatic heterocycles. The highest BCUT2D eigenvalue weighted by atomic mass is 19.4. The molecule has 0 aliphatic carbocycles. The number of nitriles is 1. The summed E-state index contributed by atoms with van der Waals surface area (Å²) in [6.07, 6.45) is -2.88.